The fourth-order valence-electron chi connectivity index (χ4n) is 0.686. The van der Waals surface area contributed by atoms with Crippen LogP contribution in [0.3, 0.4) is 0 Å². The smallest absolute Gasteiger partial charge is 0.350 e. The number of carbonyl (C=O) groups excluding carboxylic acids is 2. The number of ether oxygens (including phenoxy) is 2. The van der Waals surface area contributed by atoms with E-state index in [2.05, 4.69) is 13.5 Å². The topological polar surface area (TPSA) is 52.6 Å². The van der Waals surface area contributed by atoms with Gasteiger partial charge in [-0.1, -0.05) is 12.7 Å². The summed E-state index contributed by atoms with van der Waals surface area (Å²) in [6.07, 6.45) is 1.43. The van der Waals surface area contributed by atoms with Crippen LogP contribution < -0.4 is 0 Å². The molecule has 1 radical (unpaired) electrons. The lowest BCUT2D eigenvalue weighted by atomic mass is 10.1. The molecule has 0 bridgehead atoms. The van der Waals surface area contributed by atoms with Gasteiger partial charge in [-0.2, -0.15) is 0 Å². The van der Waals surface area contributed by atoms with E-state index in [1.807, 2.05) is 0 Å². The molecule has 0 rings (SSSR count). The number of esters is 2. The molecule has 14 heavy (non-hydrogen) atoms. The van der Waals surface area contributed by atoms with Crippen LogP contribution in [0.1, 0.15) is 20.3 Å². The van der Waals surface area contributed by atoms with Crippen molar-refractivity contribution < 1.29 is 19.1 Å². The summed E-state index contributed by atoms with van der Waals surface area (Å²) in [6.45, 7) is 9.78. The van der Waals surface area contributed by atoms with E-state index in [-0.39, 0.29) is 13.0 Å². The van der Waals surface area contributed by atoms with Crippen molar-refractivity contribution in [2.75, 3.05) is 6.61 Å². The van der Waals surface area contributed by atoms with Crippen molar-refractivity contribution in [2.24, 2.45) is 0 Å². The van der Waals surface area contributed by atoms with E-state index < -0.39 is 17.5 Å². The lowest BCUT2D eigenvalue weighted by Gasteiger charge is -2.22. The summed E-state index contributed by atoms with van der Waals surface area (Å²) in [5, 5.41) is 0. The molecule has 0 aliphatic rings. The molecule has 0 aromatic heterocycles. The molecule has 0 heterocycles. The second-order valence-corrected chi connectivity index (χ2v) is 3.12. The van der Waals surface area contributed by atoms with Gasteiger partial charge in [-0.05, 0) is 20.8 Å². The van der Waals surface area contributed by atoms with Gasteiger partial charge in [0.1, 0.15) is 6.61 Å². The number of hydrogen-bond donors (Lipinski definition) is 0. The Kier molecular flexibility index (Phi) is 4.91. The molecule has 0 aliphatic heterocycles. The highest BCUT2D eigenvalue weighted by Crippen LogP contribution is 2.12. The van der Waals surface area contributed by atoms with Gasteiger partial charge in [0.2, 0.25) is 5.60 Å². The van der Waals surface area contributed by atoms with E-state index in [9.17, 15) is 9.59 Å². The molecule has 0 N–H and O–H groups in total. The molecule has 0 unspecified atom stereocenters. The minimum atomic E-state index is -1.27. The number of hydrogen-bond acceptors (Lipinski definition) is 4. The van der Waals surface area contributed by atoms with Gasteiger partial charge in [-0.3, -0.25) is 4.79 Å². The third-order valence-electron chi connectivity index (χ3n) is 1.40. The predicted molar refractivity (Wildman–Crippen MR) is 51.3 cm³/mol. The quantitative estimate of drug-likeness (QED) is 0.494. The number of rotatable bonds is 5. The van der Waals surface area contributed by atoms with Crippen molar-refractivity contribution in [2.45, 2.75) is 25.9 Å². The molecule has 0 saturated carbocycles. The first-order valence-corrected chi connectivity index (χ1v) is 4.23. The Morgan fingerprint density at radius 3 is 2.43 bits per heavy atom. The summed E-state index contributed by atoms with van der Waals surface area (Å²) < 4.78 is 9.58. The fourth-order valence-corrected chi connectivity index (χ4v) is 0.686. The summed E-state index contributed by atoms with van der Waals surface area (Å²) in [6, 6.07) is 0. The molecule has 0 aromatic carbocycles. The van der Waals surface area contributed by atoms with Gasteiger partial charge in [-0.15, -0.1) is 0 Å². The molecular weight excluding hydrogens is 184 g/mol. The standard InChI is InChI=1S/C10H15O4/c1-5-7-13-9(12)10(3,4)14-8(11)6-2/h5H,1-2,6-7H2,3-4H3. The van der Waals surface area contributed by atoms with Crippen LogP contribution in [0, 0.1) is 6.92 Å². The second-order valence-electron chi connectivity index (χ2n) is 3.12. The predicted octanol–water partition coefficient (Wildman–Crippen LogP) is 1.26. The minimum Gasteiger partial charge on any atom is -0.459 e. The lowest BCUT2D eigenvalue weighted by molar-refractivity contribution is -0.177. The molecule has 4 nitrogen and oxygen atoms in total. The van der Waals surface area contributed by atoms with E-state index in [0.29, 0.717) is 0 Å². The van der Waals surface area contributed by atoms with Crippen LogP contribution in [-0.4, -0.2) is 24.1 Å². The van der Waals surface area contributed by atoms with Crippen LogP contribution in [0.15, 0.2) is 12.7 Å². The Morgan fingerprint density at radius 2 is 2.00 bits per heavy atom. The van der Waals surface area contributed by atoms with Gasteiger partial charge in [0.25, 0.3) is 0 Å². The molecule has 0 saturated heterocycles. The van der Waals surface area contributed by atoms with Crippen LogP contribution in [0.5, 0.6) is 0 Å². The Morgan fingerprint density at radius 1 is 1.43 bits per heavy atom. The van der Waals surface area contributed by atoms with Gasteiger partial charge in [-0.25, -0.2) is 4.79 Å². The Bertz CT molecular complexity index is 230. The monoisotopic (exact) mass is 199 g/mol. The summed E-state index contributed by atoms with van der Waals surface area (Å²) in [5.74, 6) is -1.13. The molecule has 0 spiro atoms. The van der Waals surface area contributed by atoms with Crippen molar-refractivity contribution in [1.82, 2.24) is 0 Å². The molecular formula is C10H15O4. The molecule has 0 aromatic rings. The van der Waals surface area contributed by atoms with Crippen LogP contribution in [0.25, 0.3) is 0 Å². The Hall–Kier alpha value is -1.32. The first-order valence-electron chi connectivity index (χ1n) is 4.23. The lowest BCUT2D eigenvalue weighted by Crippen LogP contribution is -2.38. The Balaban J connectivity index is 4.22. The zero-order valence-corrected chi connectivity index (χ0v) is 8.54. The average molecular weight is 199 g/mol. The average Bonchev–Trinajstić information content (AvgIpc) is 2.13. The summed E-state index contributed by atoms with van der Waals surface area (Å²) in [5.41, 5.74) is -1.27. The minimum absolute atomic E-state index is 0.0157. The van der Waals surface area contributed by atoms with Crippen LogP contribution in [0.4, 0.5) is 0 Å². The van der Waals surface area contributed by atoms with Gasteiger partial charge in [0.05, 0.1) is 0 Å². The van der Waals surface area contributed by atoms with Gasteiger partial charge < -0.3 is 9.47 Å². The van der Waals surface area contributed by atoms with Crippen LogP contribution >= 0.6 is 0 Å². The van der Waals surface area contributed by atoms with Gasteiger partial charge in [0.15, 0.2) is 0 Å². The SMILES string of the molecule is [CH2]CC(=O)OC(C)(C)C(=O)OCC=C. The van der Waals surface area contributed by atoms with Crippen LogP contribution in [-0.2, 0) is 19.1 Å². The van der Waals surface area contributed by atoms with E-state index in [1.54, 1.807) is 0 Å². The summed E-state index contributed by atoms with van der Waals surface area (Å²) in [7, 11) is 0. The zero-order valence-electron chi connectivity index (χ0n) is 8.54. The largest absolute Gasteiger partial charge is 0.459 e. The van der Waals surface area contributed by atoms with Crippen LogP contribution in [0.2, 0.25) is 0 Å². The third kappa shape index (κ3) is 4.07. The van der Waals surface area contributed by atoms with Crippen molar-refractivity contribution in [3.63, 3.8) is 0 Å². The van der Waals surface area contributed by atoms with Gasteiger partial charge in [0, 0.05) is 6.42 Å². The normalized spacial score (nSPS) is 10.5. The fraction of sp³-hybridized carbons (Fsp3) is 0.500. The Labute approximate surface area is 83.9 Å². The van der Waals surface area contributed by atoms with E-state index in [0.717, 1.165) is 0 Å². The third-order valence-corrected chi connectivity index (χ3v) is 1.40. The summed E-state index contributed by atoms with van der Waals surface area (Å²) in [4.78, 5) is 22.2. The van der Waals surface area contributed by atoms with Gasteiger partial charge >= 0.3 is 11.9 Å². The highest BCUT2D eigenvalue weighted by molar-refractivity contribution is 5.82. The highest BCUT2D eigenvalue weighted by atomic mass is 16.6. The molecule has 0 fully saturated rings. The highest BCUT2D eigenvalue weighted by Gasteiger charge is 2.33. The maximum Gasteiger partial charge on any atom is 0.350 e. The first-order chi connectivity index (χ1) is 6.44. The van der Waals surface area contributed by atoms with E-state index in [4.69, 9.17) is 9.47 Å². The van der Waals surface area contributed by atoms with E-state index in [1.165, 1.54) is 19.9 Å². The maximum absolute atomic E-state index is 11.3. The maximum atomic E-state index is 11.3. The number of carbonyl (C=O) groups is 2. The molecule has 79 valence electrons. The van der Waals surface area contributed by atoms with E-state index >= 15 is 0 Å². The molecule has 0 atom stereocenters. The van der Waals surface area contributed by atoms with Crippen molar-refractivity contribution in [3.05, 3.63) is 19.6 Å². The van der Waals surface area contributed by atoms with Crippen molar-refractivity contribution in [1.29, 1.82) is 0 Å². The summed E-state index contributed by atoms with van der Waals surface area (Å²) >= 11 is 0. The molecule has 0 aliphatic carbocycles. The first kappa shape index (κ1) is 12.7. The zero-order chi connectivity index (χ0) is 11.2. The second kappa shape index (κ2) is 5.42. The molecule has 4 heteroatoms. The van der Waals surface area contributed by atoms with Crippen molar-refractivity contribution >= 4 is 11.9 Å². The molecule has 0 amide bonds. The van der Waals surface area contributed by atoms with Crippen molar-refractivity contribution in [3.8, 4) is 0 Å².